The van der Waals surface area contributed by atoms with E-state index in [9.17, 15) is 4.79 Å². The summed E-state index contributed by atoms with van der Waals surface area (Å²) in [6.45, 7) is 2.45. The fourth-order valence-corrected chi connectivity index (χ4v) is 5.12. The molecule has 1 N–H and O–H groups in total. The molecule has 1 amide bonds. The molecule has 3 nitrogen and oxygen atoms in total. The summed E-state index contributed by atoms with van der Waals surface area (Å²) < 4.78 is 0. The number of carbonyl (C=O) groups is 1. The molecule has 2 aliphatic heterocycles. The van der Waals surface area contributed by atoms with Crippen molar-refractivity contribution in [2.24, 2.45) is 0 Å². The summed E-state index contributed by atoms with van der Waals surface area (Å²) in [7, 11) is 0. The number of hydrogen-bond acceptors (Lipinski definition) is 2. The number of benzene rings is 3. The molecule has 3 aromatic rings. The van der Waals surface area contributed by atoms with E-state index < -0.39 is 0 Å². The van der Waals surface area contributed by atoms with Crippen LogP contribution in [0.1, 0.15) is 11.1 Å². The highest BCUT2D eigenvalue weighted by atomic mass is 32.2. The first-order valence-corrected chi connectivity index (χ1v) is 10.2. The number of quaternary nitrogens is 1. The predicted molar refractivity (Wildman–Crippen MR) is 109 cm³/mol. The van der Waals surface area contributed by atoms with E-state index in [1.54, 1.807) is 11.8 Å². The first-order valence-electron chi connectivity index (χ1n) is 9.39. The second-order valence-electron chi connectivity index (χ2n) is 7.14. The average Bonchev–Trinajstić information content (AvgIpc) is 2.71. The van der Waals surface area contributed by atoms with E-state index in [0.717, 1.165) is 40.7 Å². The van der Waals surface area contributed by atoms with Crippen molar-refractivity contribution in [1.29, 1.82) is 0 Å². The molecule has 134 valence electrons. The third-order valence-corrected chi connectivity index (χ3v) is 6.52. The number of nitrogens with zero attached hydrogens (tertiary/aromatic N) is 1. The van der Waals surface area contributed by atoms with Gasteiger partial charge in [-0.25, -0.2) is 0 Å². The van der Waals surface area contributed by atoms with Gasteiger partial charge in [0.25, 0.3) is 5.91 Å². The van der Waals surface area contributed by atoms with Gasteiger partial charge in [-0.3, -0.25) is 9.69 Å². The molecule has 1 unspecified atom stereocenters. The number of para-hydroxylation sites is 2. The second-order valence-corrected chi connectivity index (χ2v) is 8.22. The highest BCUT2D eigenvalue weighted by Crippen LogP contribution is 2.47. The number of rotatable bonds is 2. The largest absolute Gasteiger partial charge is 0.323 e. The minimum absolute atomic E-state index is 0.171. The van der Waals surface area contributed by atoms with Crippen LogP contribution in [0.3, 0.4) is 0 Å². The number of amides is 1. The molecule has 0 bridgehead atoms. The van der Waals surface area contributed by atoms with Crippen molar-refractivity contribution in [3.63, 3.8) is 0 Å². The van der Waals surface area contributed by atoms with Crippen molar-refractivity contribution >= 4 is 29.0 Å². The minimum Gasteiger partial charge on any atom is -0.323 e. The Bertz CT molecular complexity index is 971. The van der Waals surface area contributed by atoms with Crippen LogP contribution >= 0.6 is 11.8 Å². The molecule has 0 aromatic heterocycles. The summed E-state index contributed by atoms with van der Waals surface area (Å²) >= 11 is 1.74. The SMILES string of the molecule is O=C(C[NH+]1CCc2ccccc2C1)N1c2ccccc2Sc2ccccc21. The highest BCUT2D eigenvalue weighted by Gasteiger charge is 2.31. The van der Waals surface area contributed by atoms with Crippen LogP contribution < -0.4 is 9.80 Å². The molecule has 0 spiro atoms. The van der Waals surface area contributed by atoms with E-state index in [1.807, 2.05) is 29.2 Å². The molecule has 0 aliphatic carbocycles. The summed E-state index contributed by atoms with van der Waals surface area (Å²) in [6.07, 6.45) is 1.04. The molecule has 3 aromatic carbocycles. The van der Waals surface area contributed by atoms with Crippen LogP contribution in [0.25, 0.3) is 0 Å². The Morgan fingerprint density at radius 3 is 2.15 bits per heavy atom. The standard InChI is InChI=1S/C23H20N2OS/c26-23(16-24-14-13-17-7-1-2-8-18(17)15-24)25-19-9-3-5-11-21(19)27-22-12-6-4-10-20(22)25/h1-12H,13-16H2/p+1. The van der Waals surface area contributed by atoms with Crippen molar-refractivity contribution in [2.45, 2.75) is 22.8 Å². The van der Waals surface area contributed by atoms with Crippen molar-refractivity contribution in [3.8, 4) is 0 Å². The Labute approximate surface area is 163 Å². The summed E-state index contributed by atoms with van der Waals surface area (Å²) in [6, 6.07) is 25.0. The Kier molecular flexibility index (Phi) is 4.23. The van der Waals surface area contributed by atoms with Gasteiger partial charge < -0.3 is 4.90 Å². The fourth-order valence-electron chi connectivity index (χ4n) is 4.06. The zero-order valence-electron chi connectivity index (χ0n) is 15.0. The highest BCUT2D eigenvalue weighted by molar-refractivity contribution is 7.99. The molecule has 0 radical (unpaired) electrons. The van der Waals surface area contributed by atoms with Crippen molar-refractivity contribution in [3.05, 3.63) is 83.9 Å². The van der Waals surface area contributed by atoms with Gasteiger partial charge in [-0.2, -0.15) is 0 Å². The van der Waals surface area contributed by atoms with Crippen LogP contribution in [0.15, 0.2) is 82.6 Å². The van der Waals surface area contributed by atoms with Gasteiger partial charge in [-0.05, 0) is 29.8 Å². The molecule has 27 heavy (non-hydrogen) atoms. The van der Waals surface area contributed by atoms with Gasteiger partial charge in [-0.15, -0.1) is 0 Å². The molecule has 0 saturated heterocycles. The average molecular weight is 374 g/mol. The van der Waals surface area contributed by atoms with Gasteiger partial charge in [0.1, 0.15) is 6.54 Å². The van der Waals surface area contributed by atoms with Crippen LogP contribution in [0, 0.1) is 0 Å². The zero-order valence-corrected chi connectivity index (χ0v) is 15.8. The maximum atomic E-state index is 13.4. The van der Waals surface area contributed by atoms with Crippen molar-refractivity contribution in [2.75, 3.05) is 18.0 Å². The number of hydrogen-bond donors (Lipinski definition) is 1. The summed E-state index contributed by atoms with van der Waals surface area (Å²) in [5.74, 6) is 0.171. The first kappa shape index (κ1) is 16.6. The maximum Gasteiger partial charge on any atom is 0.286 e. The summed E-state index contributed by atoms with van der Waals surface area (Å²) in [5, 5.41) is 0. The van der Waals surface area contributed by atoms with Crippen LogP contribution in [-0.4, -0.2) is 19.0 Å². The Morgan fingerprint density at radius 1 is 0.852 bits per heavy atom. The maximum absolute atomic E-state index is 13.4. The van der Waals surface area contributed by atoms with Crippen LogP contribution in [0.4, 0.5) is 11.4 Å². The topological polar surface area (TPSA) is 24.8 Å². The molecule has 0 saturated carbocycles. The zero-order chi connectivity index (χ0) is 18.2. The number of anilines is 2. The molecular weight excluding hydrogens is 352 g/mol. The summed E-state index contributed by atoms with van der Waals surface area (Å²) in [4.78, 5) is 18.9. The lowest BCUT2D eigenvalue weighted by atomic mass is 10.00. The van der Waals surface area contributed by atoms with Crippen molar-refractivity contribution < 1.29 is 9.69 Å². The molecule has 2 aliphatic rings. The molecule has 0 fully saturated rings. The van der Waals surface area contributed by atoms with E-state index in [1.165, 1.54) is 16.0 Å². The molecule has 4 heteroatoms. The minimum atomic E-state index is 0.171. The Balaban J connectivity index is 1.44. The predicted octanol–water partition coefficient (Wildman–Crippen LogP) is 3.46. The van der Waals surface area contributed by atoms with Crippen LogP contribution in [-0.2, 0) is 17.8 Å². The van der Waals surface area contributed by atoms with E-state index in [-0.39, 0.29) is 5.91 Å². The third-order valence-electron chi connectivity index (χ3n) is 5.39. The van der Waals surface area contributed by atoms with Gasteiger partial charge in [-0.1, -0.05) is 60.3 Å². The van der Waals surface area contributed by atoms with E-state index >= 15 is 0 Å². The van der Waals surface area contributed by atoms with E-state index in [0.29, 0.717) is 6.54 Å². The van der Waals surface area contributed by atoms with Gasteiger partial charge in [0.2, 0.25) is 0 Å². The first-order chi connectivity index (χ1) is 13.3. The van der Waals surface area contributed by atoms with Crippen molar-refractivity contribution in [1.82, 2.24) is 0 Å². The Morgan fingerprint density at radius 2 is 1.44 bits per heavy atom. The lowest BCUT2D eigenvalue weighted by molar-refractivity contribution is -0.907. The van der Waals surface area contributed by atoms with E-state index in [4.69, 9.17) is 0 Å². The van der Waals surface area contributed by atoms with Crippen LogP contribution in [0.2, 0.25) is 0 Å². The van der Waals surface area contributed by atoms with Gasteiger partial charge >= 0.3 is 0 Å². The summed E-state index contributed by atoms with van der Waals surface area (Å²) in [5.41, 5.74) is 4.81. The monoisotopic (exact) mass is 373 g/mol. The van der Waals surface area contributed by atoms with Crippen LogP contribution in [0.5, 0.6) is 0 Å². The number of nitrogens with one attached hydrogen (secondary N) is 1. The quantitative estimate of drug-likeness (QED) is 0.744. The normalized spacial score (nSPS) is 17.6. The fraction of sp³-hybridized carbons (Fsp3) is 0.174. The number of fused-ring (bicyclic) bond motifs is 3. The molecule has 2 heterocycles. The van der Waals surface area contributed by atoms with E-state index in [2.05, 4.69) is 48.5 Å². The Hall–Kier alpha value is -2.56. The van der Waals surface area contributed by atoms with Gasteiger partial charge in [0.05, 0.1) is 17.9 Å². The van der Waals surface area contributed by atoms with Gasteiger partial charge in [0.15, 0.2) is 6.54 Å². The third kappa shape index (κ3) is 3.05. The smallest absolute Gasteiger partial charge is 0.286 e. The van der Waals surface area contributed by atoms with Gasteiger partial charge in [0, 0.05) is 21.8 Å². The molecule has 1 atom stereocenters. The molecule has 5 rings (SSSR count). The lowest BCUT2D eigenvalue weighted by Gasteiger charge is -2.32. The molecular formula is C23H21N2OS+. The lowest BCUT2D eigenvalue weighted by Crippen LogP contribution is -3.12. The second kappa shape index (κ2) is 6.87. The number of carbonyl (C=O) groups excluding carboxylic acids is 1.